The molecule has 0 aromatic carbocycles. The van der Waals surface area contributed by atoms with Crippen LogP contribution in [0.1, 0.15) is 52.4 Å². The molecule has 4 heteroatoms. The number of rotatable bonds is 2. The molecular formula is C15H25NO3. The number of likely N-dealkylation sites (tertiary alicyclic amines) is 1. The van der Waals surface area contributed by atoms with Gasteiger partial charge in [-0.1, -0.05) is 20.3 Å². The van der Waals surface area contributed by atoms with Crippen LogP contribution in [0.4, 0.5) is 0 Å². The van der Waals surface area contributed by atoms with Gasteiger partial charge in [-0.15, -0.1) is 0 Å². The second-order valence-corrected chi connectivity index (χ2v) is 6.89. The molecule has 1 heterocycles. The summed E-state index contributed by atoms with van der Waals surface area (Å²) in [6, 6.07) is 0. The average Bonchev–Trinajstić information content (AvgIpc) is 2.38. The van der Waals surface area contributed by atoms with E-state index in [4.69, 9.17) is 5.11 Å². The number of hydrogen-bond acceptors (Lipinski definition) is 2. The number of carboxylic acids is 1. The van der Waals surface area contributed by atoms with Crippen molar-refractivity contribution >= 4 is 11.9 Å². The van der Waals surface area contributed by atoms with Crippen LogP contribution in [0.3, 0.4) is 0 Å². The topological polar surface area (TPSA) is 57.6 Å². The maximum atomic E-state index is 12.5. The molecule has 0 aromatic rings. The summed E-state index contributed by atoms with van der Waals surface area (Å²) >= 11 is 0. The molecule has 1 saturated carbocycles. The molecule has 1 N–H and O–H groups in total. The van der Waals surface area contributed by atoms with Crippen molar-refractivity contribution in [2.24, 2.45) is 17.3 Å². The van der Waals surface area contributed by atoms with E-state index < -0.39 is 5.97 Å². The number of amides is 1. The van der Waals surface area contributed by atoms with E-state index in [1.54, 1.807) is 0 Å². The molecule has 2 fully saturated rings. The number of aliphatic carboxylic acids is 1. The van der Waals surface area contributed by atoms with Crippen LogP contribution < -0.4 is 0 Å². The van der Waals surface area contributed by atoms with Gasteiger partial charge in [0.25, 0.3) is 0 Å². The Labute approximate surface area is 115 Å². The zero-order valence-electron chi connectivity index (χ0n) is 12.0. The Bertz CT molecular complexity index is 354. The summed E-state index contributed by atoms with van der Waals surface area (Å²) in [6.45, 7) is 6.16. The van der Waals surface area contributed by atoms with Crippen LogP contribution in [0.15, 0.2) is 0 Å². The van der Waals surface area contributed by atoms with Crippen molar-refractivity contribution in [3.8, 4) is 0 Å². The molecule has 19 heavy (non-hydrogen) atoms. The molecule has 0 aromatic heterocycles. The standard InChI is InChI=1S/C15H25NO3/c1-15(2)6-8-16(9-7-15)13(17)11-4-3-5-12(10-11)14(18)19/h11-12H,3-10H2,1-2H3,(H,18,19). The van der Waals surface area contributed by atoms with E-state index in [0.29, 0.717) is 11.8 Å². The molecule has 1 aliphatic carbocycles. The van der Waals surface area contributed by atoms with Gasteiger partial charge >= 0.3 is 5.97 Å². The highest BCUT2D eigenvalue weighted by Gasteiger charge is 2.35. The summed E-state index contributed by atoms with van der Waals surface area (Å²) in [7, 11) is 0. The molecular weight excluding hydrogens is 242 g/mol. The number of nitrogens with zero attached hydrogens (tertiary/aromatic N) is 1. The number of piperidine rings is 1. The summed E-state index contributed by atoms with van der Waals surface area (Å²) in [5.74, 6) is -0.918. The van der Waals surface area contributed by atoms with Gasteiger partial charge in [-0.2, -0.15) is 0 Å². The van der Waals surface area contributed by atoms with Gasteiger partial charge in [-0.25, -0.2) is 0 Å². The molecule has 1 saturated heterocycles. The maximum Gasteiger partial charge on any atom is 0.306 e. The number of hydrogen-bond donors (Lipinski definition) is 1. The summed E-state index contributed by atoms with van der Waals surface area (Å²) < 4.78 is 0. The molecule has 2 atom stereocenters. The Hall–Kier alpha value is -1.06. The van der Waals surface area contributed by atoms with Gasteiger partial charge in [0.05, 0.1) is 5.92 Å². The van der Waals surface area contributed by atoms with Gasteiger partial charge in [-0.3, -0.25) is 9.59 Å². The van der Waals surface area contributed by atoms with Gasteiger partial charge in [0.15, 0.2) is 0 Å². The van der Waals surface area contributed by atoms with Crippen LogP contribution in [0.25, 0.3) is 0 Å². The Morgan fingerprint density at radius 2 is 1.68 bits per heavy atom. The summed E-state index contributed by atoms with van der Waals surface area (Å²) in [6.07, 6.45) is 5.09. The predicted molar refractivity (Wildman–Crippen MR) is 72.7 cm³/mol. The van der Waals surface area contributed by atoms with Crippen LogP contribution >= 0.6 is 0 Å². The fraction of sp³-hybridized carbons (Fsp3) is 0.867. The monoisotopic (exact) mass is 267 g/mol. The molecule has 2 unspecified atom stereocenters. The molecule has 108 valence electrons. The van der Waals surface area contributed by atoms with Crippen LogP contribution in [-0.4, -0.2) is 35.0 Å². The van der Waals surface area contributed by atoms with Crippen molar-refractivity contribution < 1.29 is 14.7 Å². The predicted octanol–water partition coefficient (Wildman–Crippen LogP) is 2.53. The highest BCUT2D eigenvalue weighted by molar-refractivity contribution is 5.80. The lowest BCUT2D eigenvalue weighted by atomic mass is 9.79. The Kier molecular flexibility index (Phi) is 4.16. The highest BCUT2D eigenvalue weighted by atomic mass is 16.4. The van der Waals surface area contributed by atoms with E-state index in [9.17, 15) is 9.59 Å². The third-order valence-corrected chi connectivity index (χ3v) is 4.80. The van der Waals surface area contributed by atoms with Crippen LogP contribution in [-0.2, 0) is 9.59 Å². The maximum absolute atomic E-state index is 12.5. The molecule has 0 radical (unpaired) electrons. The van der Waals surface area contributed by atoms with E-state index in [2.05, 4.69) is 13.8 Å². The number of carboxylic acid groups (broad SMARTS) is 1. The molecule has 0 spiro atoms. The lowest BCUT2D eigenvalue weighted by Gasteiger charge is -2.39. The first-order valence-electron chi connectivity index (χ1n) is 7.41. The van der Waals surface area contributed by atoms with Crippen molar-refractivity contribution in [3.05, 3.63) is 0 Å². The largest absolute Gasteiger partial charge is 0.481 e. The minimum atomic E-state index is -0.739. The molecule has 1 aliphatic heterocycles. The van der Waals surface area contributed by atoms with Crippen molar-refractivity contribution in [3.63, 3.8) is 0 Å². The van der Waals surface area contributed by atoms with Crippen LogP contribution in [0.2, 0.25) is 0 Å². The van der Waals surface area contributed by atoms with Gasteiger partial charge < -0.3 is 10.0 Å². The summed E-state index contributed by atoms with van der Waals surface area (Å²) in [5, 5.41) is 9.09. The first-order chi connectivity index (χ1) is 8.89. The molecule has 0 bridgehead atoms. The Morgan fingerprint density at radius 3 is 2.26 bits per heavy atom. The van der Waals surface area contributed by atoms with Gasteiger partial charge in [0.2, 0.25) is 5.91 Å². The van der Waals surface area contributed by atoms with Crippen LogP contribution in [0, 0.1) is 17.3 Å². The van der Waals surface area contributed by atoms with Crippen LogP contribution in [0.5, 0.6) is 0 Å². The summed E-state index contributed by atoms with van der Waals surface area (Å²) in [5.41, 5.74) is 0.340. The third-order valence-electron chi connectivity index (χ3n) is 4.80. The van der Waals surface area contributed by atoms with Gasteiger partial charge in [0, 0.05) is 19.0 Å². The fourth-order valence-electron chi connectivity index (χ4n) is 3.23. The van der Waals surface area contributed by atoms with Crippen molar-refractivity contribution in [2.45, 2.75) is 52.4 Å². The molecule has 2 aliphatic rings. The second-order valence-electron chi connectivity index (χ2n) is 6.89. The number of carbonyl (C=O) groups excluding carboxylic acids is 1. The fourth-order valence-corrected chi connectivity index (χ4v) is 3.23. The van der Waals surface area contributed by atoms with Crippen molar-refractivity contribution in [1.29, 1.82) is 0 Å². The molecule has 2 rings (SSSR count). The first-order valence-corrected chi connectivity index (χ1v) is 7.41. The van der Waals surface area contributed by atoms with Crippen molar-refractivity contribution in [1.82, 2.24) is 4.90 Å². The third kappa shape index (κ3) is 3.48. The van der Waals surface area contributed by atoms with Gasteiger partial charge in [0.1, 0.15) is 0 Å². The highest BCUT2D eigenvalue weighted by Crippen LogP contribution is 2.34. The normalized spacial score (nSPS) is 30.9. The van der Waals surface area contributed by atoms with Crippen molar-refractivity contribution in [2.75, 3.05) is 13.1 Å². The van der Waals surface area contributed by atoms with E-state index >= 15 is 0 Å². The van der Waals surface area contributed by atoms with Gasteiger partial charge in [-0.05, 0) is 37.5 Å². The summed E-state index contributed by atoms with van der Waals surface area (Å²) in [4.78, 5) is 25.5. The Morgan fingerprint density at radius 1 is 1.11 bits per heavy atom. The van der Waals surface area contributed by atoms with E-state index in [1.165, 1.54) is 0 Å². The second kappa shape index (κ2) is 5.51. The van der Waals surface area contributed by atoms with E-state index in [1.807, 2.05) is 4.90 Å². The smallest absolute Gasteiger partial charge is 0.306 e. The first kappa shape index (κ1) is 14.4. The quantitative estimate of drug-likeness (QED) is 0.836. The zero-order chi connectivity index (χ0) is 14.0. The minimum Gasteiger partial charge on any atom is -0.481 e. The van der Waals surface area contributed by atoms with E-state index in [-0.39, 0.29) is 17.7 Å². The zero-order valence-corrected chi connectivity index (χ0v) is 12.0. The lowest BCUT2D eigenvalue weighted by molar-refractivity contribution is -0.146. The Balaban J connectivity index is 1.91. The van der Waals surface area contributed by atoms with E-state index in [0.717, 1.165) is 45.2 Å². The minimum absolute atomic E-state index is 0.0592. The molecule has 4 nitrogen and oxygen atoms in total. The average molecular weight is 267 g/mol. The SMILES string of the molecule is CC1(C)CCN(C(=O)C2CCCC(C(=O)O)C2)CC1. The molecule has 1 amide bonds. The lowest BCUT2D eigenvalue weighted by Crippen LogP contribution is -2.45. The number of carbonyl (C=O) groups is 2.